The minimum atomic E-state index is -0.298. The van der Waals surface area contributed by atoms with Crippen molar-refractivity contribution >= 4 is 12.0 Å². The summed E-state index contributed by atoms with van der Waals surface area (Å²) in [7, 11) is 0. The Morgan fingerprint density at radius 3 is 2.83 bits per heavy atom. The number of unbranched alkanes of at least 4 members (excludes halogenated alkanes) is 4. The van der Waals surface area contributed by atoms with Gasteiger partial charge in [-0.3, -0.25) is 0 Å². The minimum Gasteiger partial charge on any atom is -0.463 e. The third-order valence-corrected chi connectivity index (χ3v) is 4.36. The zero-order chi connectivity index (χ0) is 16.3. The summed E-state index contributed by atoms with van der Waals surface area (Å²) in [6, 6.07) is 0.466. The summed E-state index contributed by atoms with van der Waals surface area (Å²) in [4.78, 5) is 11.6. The Hall–Kier alpha value is -1.65. The topological polar surface area (TPSA) is 57.0 Å². The van der Waals surface area contributed by atoms with Gasteiger partial charge in [0, 0.05) is 6.08 Å². The quantitative estimate of drug-likeness (QED) is 0.386. The van der Waals surface area contributed by atoms with E-state index >= 15 is 0 Å². The van der Waals surface area contributed by atoms with Crippen LogP contribution in [0, 0.1) is 0 Å². The van der Waals surface area contributed by atoms with Crippen molar-refractivity contribution in [3.05, 3.63) is 18.0 Å². The molecular weight excluding hydrogens is 290 g/mol. The first-order valence-electron chi connectivity index (χ1n) is 9.06. The minimum absolute atomic E-state index is 0.298. The lowest BCUT2D eigenvalue weighted by molar-refractivity contribution is -0.137. The van der Waals surface area contributed by atoms with Gasteiger partial charge in [-0.2, -0.15) is 0 Å². The van der Waals surface area contributed by atoms with Gasteiger partial charge < -0.3 is 4.74 Å². The van der Waals surface area contributed by atoms with E-state index in [0.717, 1.165) is 18.5 Å². The average Bonchev–Trinajstić information content (AvgIpc) is 3.06. The van der Waals surface area contributed by atoms with Crippen LogP contribution in [0.15, 0.2) is 12.3 Å². The summed E-state index contributed by atoms with van der Waals surface area (Å²) in [5.74, 6) is -0.298. The second-order valence-electron chi connectivity index (χ2n) is 6.33. The SMILES string of the molecule is CCCCCCCOC(=O)C=Cc1cn(C2CCCCC2)nn1. The maximum atomic E-state index is 11.6. The van der Waals surface area contributed by atoms with Crippen LogP contribution in [-0.2, 0) is 9.53 Å². The molecule has 1 aliphatic rings. The van der Waals surface area contributed by atoms with Crippen molar-refractivity contribution in [1.82, 2.24) is 15.0 Å². The molecule has 0 N–H and O–H groups in total. The first-order valence-corrected chi connectivity index (χ1v) is 9.06. The number of ether oxygens (including phenoxy) is 1. The standard InChI is InChI=1S/C18H29N3O2/c1-2-3-4-5-9-14-23-18(22)13-12-16-15-21(20-19-16)17-10-7-6-8-11-17/h12-13,15,17H,2-11,14H2,1H3. The molecule has 0 radical (unpaired) electrons. The second kappa shape index (κ2) is 10.2. The Balaban J connectivity index is 1.68. The Kier molecular flexibility index (Phi) is 7.84. The maximum Gasteiger partial charge on any atom is 0.330 e. The predicted molar refractivity (Wildman–Crippen MR) is 90.9 cm³/mol. The van der Waals surface area contributed by atoms with Crippen LogP contribution < -0.4 is 0 Å². The van der Waals surface area contributed by atoms with Gasteiger partial charge in [0.25, 0.3) is 0 Å². The van der Waals surface area contributed by atoms with E-state index in [0.29, 0.717) is 12.6 Å². The van der Waals surface area contributed by atoms with Crippen molar-refractivity contribution in [2.24, 2.45) is 0 Å². The highest BCUT2D eigenvalue weighted by Crippen LogP contribution is 2.27. The molecule has 1 aromatic heterocycles. The van der Waals surface area contributed by atoms with E-state index in [1.807, 2.05) is 10.9 Å². The molecule has 23 heavy (non-hydrogen) atoms. The summed E-state index contributed by atoms with van der Waals surface area (Å²) in [5, 5.41) is 8.30. The molecule has 128 valence electrons. The largest absolute Gasteiger partial charge is 0.463 e. The zero-order valence-electron chi connectivity index (χ0n) is 14.2. The van der Waals surface area contributed by atoms with E-state index in [9.17, 15) is 4.79 Å². The number of rotatable bonds is 9. The van der Waals surface area contributed by atoms with Crippen molar-refractivity contribution < 1.29 is 9.53 Å². The number of esters is 1. The first-order chi connectivity index (χ1) is 11.3. The van der Waals surface area contributed by atoms with Crippen LogP contribution in [0.4, 0.5) is 0 Å². The molecule has 1 aromatic rings. The molecule has 0 spiro atoms. The fourth-order valence-electron chi connectivity index (χ4n) is 2.97. The lowest BCUT2D eigenvalue weighted by atomic mass is 9.96. The predicted octanol–water partition coefficient (Wildman–Crippen LogP) is 4.31. The van der Waals surface area contributed by atoms with Crippen molar-refractivity contribution in [3.8, 4) is 0 Å². The lowest BCUT2D eigenvalue weighted by Gasteiger charge is -2.20. The Labute approximate surface area is 139 Å². The molecule has 0 bridgehead atoms. The van der Waals surface area contributed by atoms with Gasteiger partial charge in [0.1, 0.15) is 5.69 Å². The molecule has 0 saturated heterocycles. The van der Waals surface area contributed by atoms with Crippen LogP contribution in [0.5, 0.6) is 0 Å². The van der Waals surface area contributed by atoms with Crippen LogP contribution in [0.1, 0.15) is 82.9 Å². The number of aromatic nitrogens is 3. The Morgan fingerprint density at radius 1 is 1.26 bits per heavy atom. The molecule has 5 nitrogen and oxygen atoms in total. The number of hydrogen-bond donors (Lipinski definition) is 0. The fourth-order valence-corrected chi connectivity index (χ4v) is 2.97. The highest BCUT2D eigenvalue weighted by atomic mass is 16.5. The molecule has 0 aliphatic heterocycles. The molecule has 0 amide bonds. The van der Waals surface area contributed by atoms with Crippen molar-refractivity contribution in [3.63, 3.8) is 0 Å². The van der Waals surface area contributed by atoms with Gasteiger partial charge in [-0.05, 0) is 25.3 Å². The van der Waals surface area contributed by atoms with Crippen LogP contribution in [-0.4, -0.2) is 27.6 Å². The maximum absolute atomic E-state index is 11.6. The van der Waals surface area contributed by atoms with Gasteiger partial charge in [-0.1, -0.05) is 57.1 Å². The van der Waals surface area contributed by atoms with Gasteiger partial charge in [0.15, 0.2) is 0 Å². The van der Waals surface area contributed by atoms with Crippen LogP contribution in [0.25, 0.3) is 6.08 Å². The number of nitrogens with zero attached hydrogens (tertiary/aromatic N) is 3. The first kappa shape index (κ1) is 17.7. The molecule has 1 heterocycles. The van der Waals surface area contributed by atoms with E-state index in [-0.39, 0.29) is 5.97 Å². The highest BCUT2D eigenvalue weighted by Gasteiger charge is 2.16. The second-order valence-corrected chi connectivity index (χ2v) is 6.33. The number of carbonyl (C=O) groups is 1. The zero-order valence-corrected chi connectivity index (χ0v) is 14.2. The van der Waals surface area contributed by atoms with Gasteiger partial charge >= 0.3 is 5.97 Å². The molecular formula is C18H29N3O2. The van der Waals surface area contributed by atoms with Gasteiger partial charge in [0.2, 0.25) is 0 Å². The Bertz CT molecular complexity index is 490. The van der Waals surface area contributed by atoms with Gasteiger partial charge in [-0.15, -0.1) is 5.10 Å². The third kappa shape index (κ3) is 6.55. The number of carbonyl (C=O) groups excluding carboxylic acids is 1. The van der Waals surface area contributed by atoms with Crippen molar-refractivity contribution in [2.75, 3.05) is 6.61 Å². The third-order valence-electron chi connectivity index (χ3n) is 4.36. The summed E-state index contributed by atoms with van der Waals surface area (Å²) >= 11 is 0. The molecule has 5 heteroatoms. The van der Waals surface area contributed by atoms with Crippen LogP contribution in [0.2, 0.25) is 0 Å². The van der Waals surface area contributed by atoms with E-state index in [1.165, 1.54) is 57.4 Å². The molecule has 1 fully saturated rings. The van der Waals surface area contributed by atoms with Crippen LogP contribution in [0.3, 0.4) is 0 Å². The summed E-state index contributed by atoms with van der Waals surface area (Å²) in [6.07, 6.45) is 17.0. The van der Waals surface area contributed by atoms with Gasteiger partial charge in [0.05, 0.1) is 18.8 Å². The van der Waals surface area contributed by atoms with E-state index in [2.05, 4.69) is 17.2 Å². The smallest absolute Gasteiger partial charge is 0.330 e. The van der Waals surface area contributed by atoms with E-state index < -0.39 is 0 Å². The summed E-state index contributed by atoms with van der Waals surface area (Å²) in [5.41, 5.74) is 0.718. The molecule has 0 unspecified atom stereocenters. The molecule has 1 saturated carbocycles. The number of hydrogen-bond acceptors (Lipinski definition) is 4. The summed E-state index contributed by atoms with van der Waals surface area (Å²) < 4.78 is 7.13. The van der Waals surface area contributed by atoms with Crippen molar-refractivity contribution in [1.29, 1.82) is 0 Å². The molecule has 0 aromatic carbocycles. The Morgan fingerprint density at radius 2 is 2.04 bits per heavy atom. The highest BCUT2D eigenvalue weighted by molar-refractivity contribution is 5.86. The average molecular weight is 319 g/mol. The lowest BCUT2D eigenvalue weighted by Crippen LogP contribution is -2.13. The normalized spacial score (nSPS) is 16.0. The molecule has 0 atom stereocenters. The van der Waals surface area contributed by atoms with E-state index in [1.54, 1.807) is 6.08 Å². The summed E-state index contributed by atoms with van der Waals surface area (Å²) in [6.45, 7) is 2.69. The molecule has 2 rings (SSSR count). The monoisotopic (exact) mass is 319 g/mol. The van der Waals surface area contributed by atoms with Crippen LogP contribution >= 0.6 is 0 Å². The van der Waals surface area contributed by atoms with E-state index in [4.69, 9.17) is 4.74 Å². The fraction of sp³-hybridized carbons (Fsp3) is 0.722. The van der Waals surface area contributed by atoms with Crippen molar-refractivity contribution in [2.45, 2.75) is 77.2 Å². The molecule has 1 aliphatic carbocycles. The van der Waals surface area contributed by atoms with Gasteiger partial charge in [-0.25, -0.2) is 9.48 Å².